The number of carbonyl (C=O) groups is 1. The second-order valence-electron chi connectivity index (χ2n) is 6.89. The largest absolute Gasteiger partial charge is 0.463 e. The van der Waals surface area contributed by atoms with Gasteiger partial charge in [0.2, 0.25) is 0 Å². The average molecular weight is 372 g/mol. The maximum Gasteiger partial charge on any atom is 0.330 e. The summed E-state index contributed by atoms with van der Waals surface area (Å²) >= 11 is 0. The molecule has 7 nitrogen and oxygen atoms in total. The van der Waals surface area contributed by atoms with Crippen molar-refractivity contribution in [2.75, 3.05) is 13.2 Å². The third kappa shape index (κ3) is 6.48. The smallest absolute Gasteiger partial charge is 0.330 e. The van der Waals surface area contributed by atoms with Crippen molar-refractivity contribution in [3.05, 3.63) is 23.8 Å². The van der Waals surface area contributed by atoms with E-state index < -0.39 is 36.5 Å². The van der Waals surface area contributed by atoms with E-state index in [9.17, 15) is 25.2 Å². The maximum absolute atomic E-state index is 11.5. The van der Waals surface area contributed by atoms with E-state index in [1.807, 2.05) is 19.1 Å². The predicted molar refractivity (Wildman–Crippen MR) is 96.2 cm³/mol. The highest BCUT2D eigenvalue weighted by molar-refractivity contribution is 5.82. The zero-order valence-corrected chi connectivity index (χ0v) is 15.9. The van der Waals surface area contributed by atoms with Crippen LogP contribution in [0.5, 0.6) is 0 Å². The topological polar surface area (TPSA) is 116 Å². The lowest BCUT2D eigenvalue weighted by Crippen LogP contribution is -2.54. The zero-order chi connectivity index (χ0) is 19.9. The van der Waals surface area contributed by atoms with E-state index in [1.54, 1.807) is 13.8 Å². The Hall–Kier alpha value is -1.25. The Morgan fingerprint density at radius 3 is 2.50 bits per heavy atom. The van der Waals surface area contributed by atoms with Crippen molar-refractivity contribution in [1.82, 2.24) is 0 Å². The SMILES string of the molecule is CCOC(=O)/C=C(\C)[C@@H](O)[C@@H]1OC[C@H](C/C=C/[C@@H](C)[C@H](C)O)[C@@H](O)[C@H]1O. The molecular formula is C19H32O7. The highest BCUT2D eigenvalue weighted by Crippen LogP contribution is 2.27. The highest BCUT2D eigenvalue weighted by atomic mass is 16.5. The molecule has 0 amide bonds. The molecule has 1 rings (SSSR count). The monoisotopic (exact) mass is 372 g/mol. The van der Waals surface area contributed by atoms with Crippen molar-refractivity contribution in [2.24, 2.45) is 11.8 Å². The zero-order valence-electron chi connectivity index (χ0n) is 15.9. The number of allylic oxidation sites excluding steroid dienone is 1. The molecule has 0 spiro atoms. The van der Waals surface area contributed by atoms with Crippen LogP contribution < -0.4 is 0 Å². The molecule has 0 radical (unpaired) electrons. The summed E-state index contributed by atoms with van der Waals surface area (Å²) in [5, 5.41) is 40.5. The Kier molecular flexibility index (Phi) is 9.46. The summed E-state index contributed by atoms with van der Waals surface area (Å²) in [5.74, 6) is -0.905. The van der Waals surface area contributed by atoms with Crippen molar-refractivity contribution < 1.29 is 34.7 Å². The molecular weight excluding hydrogens is 340 g/mol. The Labute approximate surface area is 154 Å². The van der Waals surface area contributed by atoms with E-state index >= 15 is 0 Å². The van der Waals surface area contributed by atoms with Crippen molar-refractivity contribution in [1.29, 1.82) is 0 Å². The number of hydrogen-bond acceptors (Lipinski definition) is 7. The van der Waals surface area contributed by atoms with Crippen molar-refractivity contribution in [3.63, 3.8) is 0 Å². The van der Waals surface area contributed by atoms with Gasteiger partial charge in [-0.15, -0.1) is 0 Å². The minimum absolute atomic E-state index is 0.00758. The van der Waals surface area contributed by atoms with Gasteiger partial charge in [-0.25, -0.2) is 4.79 Å². The van der Waals surface area contributed by atoms with Gasteiger partial charge in [0.1, 0.15) is 18.3 Å². The van der Waals surface area contributed by atoms with Crippen LogP contribution in [0.15, 0.2) is 23.8 Å². The summed E-state index contributed by atoms with van der Waals surface area (Å²) in [4.78, 5) is 11.5. The van der Waals surface area contributed by atoms with Crippen LogP contribution in [-0.4, -0.2) is 70.1 Å². The Morgan fingerprint density at radius 1 is 1.27 bits per heavy atom. The fourth-order valence-electron chi connectivity index (χ4n) is 2.73. The normalized spacial score (nSPS) is 30.8. The highest BCUT2D eigenvalue weighted by Gasteiger charge is 2.41. The first-order valence-corrected chi connectivity index (χ1v) is 9.04. The molecule has 7 heteroatoms. The lowest BCUT2D eigenvalue weighted by molar-refractivity contribution is -0.187. The van der Waals surface area contributed by atoms with Gasteiger partial charge in [0.05, 0.1) is 25.4 Å². The standard InChI is InChI=1S/C19H32O7/c1-5-25-15(21)9-12(3)16(22)19-18(24)17(23)14(10-26-19)8-6-7-11(2)13(4)20/h6-7,9,11,13-14,16-20,22-24H,5,8,10H2,1-4H3/b7-6+,12-9+/t11-,13+,14+,16-,17-,18-,19+/m1/s1. The molecule has 4 N–H and O–H groups in total. The van der Waals surface area contributed by atoms with E-state index in [2.05, 4.69) is 0 Å². The molecule has 26 heavy (non-hydrogen) atoms. The van der Waals surface area contributed by atoms with Crippen LogP contribution in [0.4, 0.5) is 0 Å². The molecule has 0 aliphatic carbocycles. The molecule has 0 unspecified atom stereocenters. The van der Waals surface area contributed by atoms with Crippen LogP contribution in [0.1, 0.15) is 34.1 Å². The molecule has 7 atom stereocenters. The first kappa shape index (κ1) is 22.8. The van der Waals surface area contributed by atoms with Gasteiger partial charge >= 0.3 is 5.97 Å². The van der Waals surface area contributed by atoms with Crippen molar-refractivity contribution >= 4 is 5.97 Å². The van der Waals surface area contributed by atoms with E-state index in [0.29, 0.717) is 12.0 Å². The number of hydrogen-bond donors (Lipinski definition) is 4. The summed E-state index contributed by atoms with van der Waals surface area (Å²) in [6.45, 7) is 7.20. The van der Waals surface area contributed by atoms with Gasteiger partial charge in [0.25, 0.3) is 0 Å². The molecule has 0 bridgehead atoms. The molecule has 0 aromatic rings. The molecule has 1 aliphatic rings. The van der Waals surface area contributed by atoms with Gasteiger partial charge in [-0.3, -0.25) is 0 Å². The van der Waals surface area contributed by atoms with E-state index in [0.717, 1.165) is 6.08 Å². The molecule has 0 saturated carbocycles. The summed E-state index contributed by atoms with van der Waals surface area (Å²) in [5.41, 5.74) is 0.295. The summed E-state index contributed by atoms with van der Waals surface area (Å²) in [6.07, 6.45) is 0.294. The van der Waals surface area contributed by atoms with Crippen LogP contribution in [0.2, 0.25) is 0 Å². The van der Waals surface area contributed by atoms with Gasteiger partial charge in [-0.1, -0.05) is 19.1 Å². The number of aliphatic hydroxyl groups is 4. The third-order valence-electron chi connectivity index (χ3n) is 4.72. The van der Waals surface area contributed by atoms with Gasteiger partial charge in [-0.2, -0.15) is 0 Å². The van der Waals surface area contributed by atoms with E-state index in [4.69, 9.17) is 9.47 Å². The van der Waals surface area contributed by atoms with Gasteiger partial charge < -0.3 is 29.9 Å². The number of rotatable bonds is 8. The van der Waals surface area contributed by atoms with E-state index in [1.165, 1.54) is 6.92 Å². The third-order valence-corrected chi connectivity index (χ3v) is 4.72. The van der Waals surface area contributed by atoms with E-state index in [-0.39, 0.29) is 25.0 Å². The number of ether oxygens (including phenoxy) is 2. The molecule has 0 aromatic heterocycles. The van der Waals surface area contributed by atoms with Gasteiger partial charge in [0, 0.05) is 12.0 Å². The van der Waals surface area contributed by atoms with Gasteiger partial charge in [-0.05, 0) is 38.7 Å². The van der Waals surface area contributed by atoms with Crippen LogP contribution in [0, 0.1) is 11.8 Å². The Morgan fingerprint density at radius 2 is 1.92 bits per heavy atom. The summed E-state index contributed by atoms with van der Waals surface area (Å²) in [7, 11) is 0. The first-order valence-electron chi connectivity index (χ1n) is 9.04. The molecule has 1 saturated heterocycles. The Balaban J connectivity index is 2.66. The Bertz CT molecular complexity index is 500. The van der Waals surface area contributed by atoms with Crippen LogP contribution >= 0.6 is 0 Å². The molecule has 150 valence electrons. The van der Waals surface area contributed by atoms with Crippen LogP contribution in [0.3, 0.4) is 0 Å². The second kappa shape index (κ2) is 10.8. The number of esters is 1. The minimum Gasteiger partial charge on any atom is -0.463 e. The molecule has 0 aromatic carbocycles. The quantitative estimate of drug-likeness (QED) is 0.279. The lowest BCUT2D eigenvalue weighted by atomic mass is 9.86. The second-order valence-corrected chi connectivity index (χ2v) is 6.89. The minimum atomic E-state index is -1.28. The number of aliphatic hydroxyl groups excluding tert-OH is 4. The van der Waals surface area contributed by atoms with Crippen molar-refractivity contribution in [3.8, 4) is 0 Å². The average Bonchev–Trinajstić information content (AvgIpc) is 2.58. The molecule has 1 fully saturated rings. The summed E-state index contributed by atoms with van der Waals surface area (Å²) in [6, 6.07) is 0. The number of carbonyl (C=O) groups excluding carboxylic acids is 1. The van der Waals surface area contributed by atoms with Crippen LogP contribution in [0.25, 0.3) is 0 Å². The van der Waals surface area contributed by atoms with Gasteiger partial charge in [0.15, 0.2) is 0 Å². The first-order chi connectivity index (χ1) is 12.2. The molecule has 1 heterocycles. The fraction of sp³-hybridized carbons (Fsp3) is 0.737. The summed E-state index contributed by atoms with van der Waals surface area (Å²) < 4.78 is 10.4. The molecule has 1 aliphatic heterocycles. The fourth-order valence-corrected chi connectivity index (χ4v) is 2.73. The van der Waals surface area contributed by atoms with Crippen molar-refractivity contribution in [2.45, 2.75) is 64.6 Å². The van der Waals surface area contributed by atoms with Crippen LogP contribution in [-0.2, 0) is 14.3 Å². The lowest BCUT2D eigenvalue weighted by Gasteiger charge is -2.39. The maximum atomic E-state index is 11.5. The predicted octanol–water partition coefficient (Wildman–Crippen LogP) is 0.557.